The first kappa shape index (κ1) is 13.3. The third kappa shape index (κ3) is 2.52. The van der Waals surface area contributed by atoms with E-state index >= 15 is 0 Å². The fraction of sp³-hybridized carbons (Fsp3) is 0.462. The number of aryl methyl sites for hydroxylation is 2. The number of amides is 1. The maximum atomic E-state index is 11.6. The van der Waals surface area contributed by atoms with Gasteiger partial charge < -0.3 is 15.7 Å². The highest BCUT2D eigenvalue weighted by Gasteiger charge is 2.30. The summed E-state index contributed by atoms with van der Waals surface area (Å²) < 4.78 is 0. The molecule has 0 aliphatic carbocycles. The monoisotopic (exact) mass is 263 g/mol. The zero-order chi connectivity index (χ0) is 14.2. The number of carbonyl (C=O) groups excluding carboxylic acids is 1. The third-order valence-electron chi connectivity index (χ3n) is 3.43. The quantitative estimate of drug-likeness (QED) is 0.837. The first-order valence-electron chi connectivity index (χ1n) is 6.16. The molecular weight excluding hydrogens is 246 g/mol. The van der Waals surface area contributed by atoms with Gasteiger partial charge in [-0.2, -0.15) is 0 Å². The second kappa shape index (κ2) is 4.87. The number of carboxylic acid groups (broad SMARTS) is 1. The molecule has 1 fully saturated rings. The highest BCUT2D eigenvalue weighted by Crippen LogP contribution is 2.29. The number of carbonyl (C=O) groups is 2. The van der Waals surface area contributed by atoms with E-state index in [0.717, 1.165) is 5.69 Å². The van der Waals surface area contributed by atoms with Gasteiger partial charge in [-0.05, 0) is 26.3 Å². The number of pyridine rings is 1. The number of carboxylic acids is 1. The molecule has 2 heterocycles. The van der Waals surface area contributed by atoms with Crippen molar-refractivity contribution in [2.24, 2.45) is 11.7 Å². The van der Waals surface area contributed by atoms with Crippen molar-refractivity contribution in [1.29, 1.82) is 0 Å². The summed E-state index contributed by atoms with van der Waals surface area (Å²) in [5, 5.41) is 9.03. The van der Waals surface area contributed by atoms with Crippen LogP contribution in [-0.2, 0) is 4.79 Å². The van der Waals surface area contributed by atoms with Gasteiger partial charge in [0.15, 0.2) is 0 Å². The summed E-state index contributed by atoms with van der Waals surface area (Å²) in [6.45, 7) is 4.59. The van der Waals surface area contributed by atoms with Gasteiger partial charge in [-0.25, -0.2) is 0 Å². The summed E-state index contributed by atoms with van der Waals surface area (Å²) in [5.41, 5.74) is 7.86. The Morgan fingerprint density at radius 2 is 2.16 bits per heavy atom. The van der Waals surface area contributed by atoms with Crippen molar-refractivity contribution in [3.8, 4) is 0 Å². The van der Waals surface area contributed by atoms with Gasteiger partial charge in [0.2, 0.25) is 0 Å². The van der Waals surface area contributed by atoms with Crippen LogP contribution in [0.1, 0.15) is 28.2 Å². The minimum absolute atomic E-state index is 0.386. The van der Waals surface area contributed by atoms with E-state index in [-0.39, 0.29) is 0 Å². The molecule has 0 aromatic carbocycles. The van der Waals surface area contributed by atoms with Gasteiger partial charge in [0.1, 0.15) is 0 Å². The average Bonchev–Trinajstić information content (AvgIpc) is 2.76. The van der Waals surface area contributed by atoms with E-state index < -0.39 is 17.8 Å². The fourth-order valence-electron chi connectivity index (χ4n) is 2.54. The van der Waals surface area contributed by atoms with Crippen LogP contribution in [0.3, 0.4) is 0 Å². The minimum Gasteiger partial charge on any atom is -0.481 e. The molecule has 1 aromatic rings. The molecule has 0 bridgehead atoms. The van der Waals surface area contributed by atoms with Gasteiger partial charge >= 0.3 is 5.97 Å². The molecule has 19 heavy (non-hydrogen) atoms. The Morgan fingerprint density at radius 3 is 2.68 bits per heavy atom. The predicted octanol–water partition coefficient (Wildman–Crippen LogP) is 0.708. The van der Waals surface area contributed by atoms with Crippen LogP contribution in [-0.4, -0.2) is 35.1 Å². The molecule has 6 nitrogen and oxygen atoms in total. The van der Waals surface area contributed by atoms with Crippen molar-refractivity contribution in [2.45, 2.75) is 20.3 Å². The first-order chi connectivity index (χ1) is 8.90. The van der Waals surface area contributed by atoms with E-state index in [1.165, 1.54) is 0 Å². The number of hydrogen-bond acceptors (Lipinski definition) is 4. The number of nitrogens with zero attached hydrogens (tertiary/aromatic N) is 2. The molecule has 0 spiro atoms. The summed E-state index contributed by atoms with van der Waals surface area (Å²) >= 11 is 0. The topological polar surface area (TPSA) is 96.5 Å². The Balaban J connectivity index is 2.40. The smallest absolute Gasteiger partial charge is 0.308 e. The van der Waals surface area contributed by atoms with Crippen molar-refractivity contribution >= 4 is 17.6 Å². The lowest BCUT2D eigenvalue weighted by Gasteiger charge is -2.22. The normalized spacial score (nSPS) is 18.6. The number of aliphatic carboxylic acids is 1. The minimum atomic E-state index is -0.800. The molecule has 1 amide bonds. The maximum absolute atomic E-state index is 11.6. The average molecular weight is 263 g/mol. The molecule has 1 unspecified atom stereocenters. The Bertz CT molecular complexity index is 542. The number of nitrogens with two attached hydrogens (primary N) is 1. The zero-order valence-corrected chi connectivity index (χ0v) is 11.0. The molecule has 1 saturated heterocycles. The molecular formula is C13H17N3O3. The van der Waals surface area contributed by atoms with Crippen LogP contribution in [0.15, 0.2) is 6.07 Å². The highest BCUT2D eigenvalue weighted by molar-refractivity contribution is 6.00. The molecule has 1 aliphatic rings. The predicted molar refractivity (Wildman–Crippen MR) is 70.2 cm³/mol. The van der Waals surface area contributed by atoms with Crippen LogP contribution < -0.4 is 10.6 Å². The lowest BCUT2D eigenvalue weighted by Crippen LogP contribution is -2.27. The number of rotatable bonds is 3. The number of hydrogen-bond donors (Lipinski definition) is 2. The van der Waals surface area contributed by atoms with Crippen LogP contribution >= 0.6 is 0 Å². The largest absolute Gasteiger partial charge is 0.481 e. The summed E-state index contributed by atoms with van der Waals surface area (Å²) in [5.74, 6) is -1.72. The number of anilines is 1. The standard InChI is InChI=1S/C13H17N3O3/c1-7-5-10(11(12(14)17)8(2)15-7)16-4-3-9(6-16)13(18)19/h5,9H,3-4,6H2,1-2H3,(H2,14,17)(H,18,19). The Hall–Kier alpha value is -2.11. The summed E-state index contributed by atoms with van der Waals surface area (Å²) in [4.78, 5) is 28.7. The van der Waals surface area contributed by atoms with Crippen LogP contribution in [0.2, 0.25) is 0 Å². The summed E-state index contributed by atoms with van der Waals surface area (Å²) in [6, 6.07) is 1.79. The van der Waals surface area contributed by atoms with Gasteiger partial charge in [-0.15, -0.1) is 0 Å². The molecule has 0 saturated carbocycles. The summed E-state index contributed by atoms with van der Waals surface area (Å²) in [6.07, 6.45) is 0.577. The van der Waals surface area contributed by atoms with Crippen LogP contribution in [0, 0.1) is 19.8 Å². The fourth-order valence-corrected chi connectivity index (χ4v) is 2.54. The van der Waals surface area contributed by atoms with E-state index in [9.17, 15) is 9.59 Å². The van der Waals surface area contributed by atoms with E-state index in [0.29, 0.717) is 36.5 Å². The molecule has 2 rings (SSSR count). The molecule has 1 atom stereocenters. The summed E-state index contributed by atoms with van der Waals surface area (Å²) in [7, 11) is 0. The molecule has 1 aliphatic heterocycles. The van der Waals surface area contributed by atoms with Gasteiger partial charge in [-0.3, -0.25) is 14.6 Å². The molecule has 1 aromatic heterocycles. The van der Waals surface area contributed by atoms with Crippen molar-refractivity contribution < 1.29 is 14.7 Å². The number of aromatic nitrogens is 1. The SMILES string of the molecule is Cc1cc(N2CCC(C(=O)O)C2)c(C(N)=O)c(C)n1. The zero-order valence-electron chi connectivity index (χ0n) is 11.0. The Morgan fingerprint density at radius 1 is 1.47 bits per heavy atom. The van der Waals surface area contributed by atoms with Crippen LogP contribution in [0.4, 0.5) is 5.69 Å². The van der Waals surface area contributed by atoms with Gasteiger partial charge in [-0.1, -0.05) is 0 Å². The number of primary amides is 1. The highest BCUT2D eigenvalue weighted by atomic mass is 16.4. The second-order valence-electron chi connectivity index (χ2n) is 4.88. The van der Waals surface area contributed by atoms with Crippen molar-refractivity contribution in [3.05, 3.63) is 23.0 Å². The molecule has 3 N–H and O–H groups in total. The van der Waals surface area contributed by atoms with Crippen LogP contribution in [0.25, 0.3) is 0 Å². The Kier molecular flexibility index (Phi) is 3.42. The van der Waals surface area contributed by atoms with Crippen LogP contribution in [0.5, 0.6) is 0 Å². The van der Waals surface area contributed by atoms with Crippen molar-refractivity contribution in [2.75, 3.05) is 18.0 Å². The first-order valence-corrected chi connectivity index (χ1v) is 6.16. The Labute approximate surface area is 111 Å². The van der Waals surface area contributed by atoms with E-state index in [1.807, 2.05) is 11.8 Å². The third-order valence-corrected chi connectivity index (χ3v) is 3.43. The van der Waals surface area contributed by atoms with Gasteiger partial charge in [0.05, 0.1) is 22.9 Å². The van der Waals surface area contributed by atoms with Gasteiger partial charge in [0, 0.05) is 18.8 Å². The van der Waals surface area contributed by atoms with E-state index in [2.05, 4.69) is 4.98 Å². The van der Waals surface area contributed by atoms with Crippen molar-refractivity contribution in [1.82, 2.24) is 4.98 Å². The van der Waals surface area contributed by atoms with Gasteiger partial charge in [0.25, 0.3) is 5.91 Å². The van der Waals surface area contributed by atoms with E-state index in [4.69, 9.17) is 10.8 Å². The maximum Gasteiger partial charge on any atom is 0.308 e. The lowest BCUT2D eigenvalue weighted by atomic mass is 10.1. The molecule has 102 valence electrons. The lowest BCUT2D eigenvalue weighted by molar-refractivity contribution is -0.140. The van der Waals surface area contributed by atoms with Crippen molar-refractivity contribution in [3.63, 3.8) is 0 Å². The second-order valence-corrected chi connectivity index (χ2v) is 4.88. The van der Waals surface area contributed by atoms with E-state index in [1.54, 1.807) is 13.0 Å². The molecule has 0 radical (unpaired) electrons. The molecule has 6 heteroatoms.